The number of nitrogens with zero attached hydrogens (tertiary/aromatic N) is 1. The van der Waals surface area contributed by atoms with Crippen molar-refractivity contribution < 1.29 is 13.2 Å². The Labute approximate surface area is 169 Å². The van der Waals surface area contributed by atoms with Crippen molar-refractivity contribution in [3.8, 4) is 0 Å². The quantitative estimate of drug-likeness (QED) is 0.465. The molecule has 2 rings (SSSR count). The Bertz CT molecular complexity index is 813. The molecule has 1 aromatic carbocycles. The third-order valence-electron chi connectivity index (χ3n) is 4.94. The number of amides is 1. The van der Waals surface area contributed by atoms with Gasteiger partial charge in [0, 0.05) is 18.8 Å². The smallest absolute Gasteiger partial charge is 0.267 e. The van der Waals surface area contributed by atoms with Crippen LogP contribution >= 0.6 is 0 Å². The van der Waals surface area contributed by atoms with Crippen LogP contribution in [0.3, 0.4) is 0 Å². The predicted octanol–water partition coefficient (Wildman–Crippen LogP) is 4.65. The normalized spacial score (nSPS) is 11.6. The molecule has 0 atom stereocenters. The molecule has 1 amide bonds. The minimum Gasteiger partial charge on any atom is -0.370 e. The van der Waals surface area contributed by atoms with Gasteiger partial charge in [0.15, 0.2) is 0 Å². The summed E-state index contributed by atoms with van der Waals surface area (Å²) in [6, 6.07) is 10.4. The second kappa shape index (κ2) is 11.7. The number of rotatable bonds is 14. The van der Waals surface area contributed by atoms with Crippen LogP contribution in [0.25, 0.3) is 0 Å². The highest BCUT2D eigenvalue weighted by atomic mass is 32.2. The summed E-state index contributed by atoms with van der Waals surface area (Å²) in [5, 5.41) is 0. The van der Waals surface area contributed by atoms with Crippen LogP contribution in [0.5, 0.6) is 0 Å². The van der Waals surface area contributed by atoms with Crippen LogP contribution in [0.1, 0.15) is 69.8 Å². The summed E-state index contributed by atoms with van der Waals surface area (Å²) in [4.78, 5) is 11.0. The van der Waals surface area contributed by atoms with E-state index in [0.29, 0.717) is 11.3 Å². The van der Waals surface area contributed by atoms with Crippen molar-refractivity contribution in [2.24, 2.45) is 5.73 Å². The average Bonchev–Trinajstić information content (AvgIpc) is 3.16. The molecule has 0 saturated carbocycles. The number of benzene rings is 1. The van der Waals surface area contributed by atoms with Crippen molar-refractivity contribution in [3.05, 3.63) is 54.4 Å². The van der Waals surface area contributed by atoms with Crippen molar-refractivity contribution in [2.75, 3.05) is 0 Å². The Morgan fingerprint density at radius 2 is 1.39 bits per heavy atom. The van der Waals surface area contributed by atoms with E-state index >= 15 is 0 Å². The average molecular weight is 405 g/mol. The number of aryl methyl sites for hydroxylation is 1. The van der Waals surface area contributed by atoms with Crippen LogP contribution in [0.15, 0.2) is 53.7 Å². The van der Waals surface area contributed by atoms with E-state index in [0.717, 1.165) is 37.7 Å². The molecule has 2 N–H and O–H groups in total. The Morgan fingerprint density at radius 3 is 2.00 bits per heavy atom. The maximum Gasteiger partial charge on any atom is 0.267 e. The molecule has 0 radical (unpaired) electrons. The molecule has 154 valence electrons. The molecular formula is C22H32N2O3S. The van der Waals surface area contributed by atoms with Crippen molar-refractivity contribution in [1.29, 1.82) is 0 Å². The summed E-state index contributed by atoms with van der Waals surface area (Å²) in [6.45, 7) is 0. The Kier molecular flexibility index (Phi) is 9.28. The summed E-state index contributed by atoms with van der Waals surface area (Å²) >= 11 is 0. The zero-order valence-corrected chi connectivity index (χ0v) is 17.4. The number of unbranched alkanes of at least 4 members (excludes halogenated alkanes) is 8. The lowest BCUT2D eigenvalue weighted by Crippen LogP contribution is -2.10. The first-order chi connectivity index (χ1) is 13.5. The number of primary amides is 1. The highest BCUT2D eigenvalue weighted by molar-refractivity contribution is 7.90. The van der Waals surface area contributed by atoms with Gasteiger partial charge in [0.25, 0.3) is 10.0 Å². The highest BCUT2D eigenvalue weighted by Crippen LogP contribution is 2.17. The van der Waals surface area contributed by atoms with E-state index in [2.05, 4.69) is 0 Å². The monoisotopic (exact) mass is 404 g/mol. The number of hydrogen-bond acceptors (Lipinski definition) is 3. The highest BCUT2D eigenvalue weighted by Gasteiger charge is 2.15. The molecule has 0 aliphatic rings. The number of nitrogens with two attached hydrogens (primary N) is 1. The second-order valence-corrected chi connectivity index (χ2v) is 9.16. The second-order valence-electron chi connectivity index (χ2n) is 7.32. The molecule has 0 saturated heterocycles. The summed E-state index contributed by atoms with van der Waals surface area (Å²) in [6.07, 6.45) is 15.1. The third kappa shape index (κ3) is 7.50. The topological polar surface area (TPSA) is 82.2 Å². The van der Waals surface area contributed by atoms with Crippen LogP contribution in [-0.4, -0.2) is 18.3 Å². The van der Waals surface area contributed by atoms with E-state index in [1.54, 1.807) is 36.7 Å². The number of aromatic nitrogens is 1. The van der Waals surface area contributed by atoms with Gasteiger partial charge < -0.3 is 5.73 Å². The van der Waals surface area contributed by atoms with Gasteiger partial charge in [-0.15, -0.1) is 0 Å². The van der Waals surface area contributed by atoms with Crippen molar-refractivity contribution in [1.82, 2.24) is 3.97 Å². The molecule has 1 aromatic heterocycles. The number of carbonyl (C=O) groups is 1. The predicted molar refractivity (Wildman–Crippen MR) is 113 cm³/mol. The third-order valence-corrected chi connectivity index (χ3v) is 6.59. The van der Waals surface area contributed by atoms with Gasteiger partial charge in [0.05, 0.1) is 4.90 Å². The van der Waals surface area contributed by atoms with Crippen LogP contribution in [0, 0.1) is 0 Å². The molecule has 5 nitrogen and oxygen atoms in total. The minimum atomic E-state index is -3.48. The zero-order chi connectivity index (χ0) is 20.2. The molecule has 2 aromatic rings. The summed E-state index contributed by atoms with van der Waals surface area (Å²) in [5.41, 5.74) is 6.19. The number of carbonyl (C=O) groups excluding carboxylic acids is 1. The first-order valence-corrected chi connectivity index (χ1v) is 11.7. The fourth-order valence-electron chi connectivity index (χ4n) is 3.30. The molecule has 0 fully saturated rings. The van der Waals surface area contributed by atoms with Gasteiger partial charge in [-0.3, -0.25) is 4.79 Å². The summed E-state index contributed by atoms with van der Waals surface area (Å²) in [7, 11) is -3.48. The van der Waals surface area contributed by atoms with Gasteiger partial charge in [0.1, 0.15) is 0 Å². The molecule has 0 aliphatic carbocycles. The van der Waals surface area contributed by atoms with E-state index in [4.69, 9.17) is 5.73 Å². The van der Waals surface area contributed by atoms with E-state index in [1.807, 2.05) is 12.1 Å². The first-order valence-electron chi connectivity index (χ1n) is 10.3. The Morgan fingerprint density at radius 1 is 0.821 bits per heavy atom. The van der Waals surface area contributed by atoms with Gasteiger partial charge in [-0.25, -0.2) is 12.4 Å². The van der Waals surface area contributed by atoms with Gasteiger partial charge in [-0.1, -0.05) is 63.1 Å². The lowest BCUT2D eigenvalue weighted by Gasteiger charge is -2.05. The van der Waals surface area contributed by atoms with Gasteiger partial charge in [0.2, 0.25) is 5.91 Å². The van der Waals surface area contributed by atoms with E-state index in [9.17, 15) is 13.2 Å². The Balaban J connectivity index is 1.59. The van der Waals surface area contributed by atoms with Crippen LogP contribution in [0.2, 0.25) is 0 Å². The van der Waals surface area contributed by atoms with Gasteiger partial charge in [-0.2, -0.15) is 0 Å². The van der Waals surface area contributed by atoms with Crippen molar-refractivity contribution >= 4 is 15.9 Å². The molecular weight excluding hydrogens is 372 g/mol. The molecule has 0 aliphatic heterocycles. The standard InChI is InChI=1S/C22H32N2O3S/c23-22(25)16-12-7-5-3-1-2-4-6-9-13-20-17-18-24(19-20)28(26,27)21-14-10-8-11-15-21/h8,10-11,14-15,17-19H,1-7,9,12-13,16H2,(H2,23,25). The maximum atomic E-state index is 12.6. The molecule has 0 bridgehead atoms. The minimum absolute atomic E-state index is 0.201. The fourth-order valence-corrected chi connectivity index (χ4v) is 4.54. The lowest BCUT2D eigenvalue weighted by molar-refractivity contribution is -0.118. The summed E-state index contributed by atoms with van der Waals surface area (Å²) < 4.78 is 26.4. The number of hydrogen-bond donors (Lipinski definition) is 1. The maximum absolute atomic E-state index is 12.6. The fraction of sp³-hybridized carbons (Fsp3) is 0.500. The van der Waals surface area contributed by atoms with Crippen LogP contribution in [-0.2, 0) is 21.2 Å². The van der Waals surface area contributed by atoms with Crippen molar-refractivity contribution in [2.45, 2.75) is 75.5 Å². The van der Waals surface area contributed by atoms with Gasteiger partial charge in [-0.05, 0) is 43.0 Å². The zero-order valence-electron chi connectivity index (χ0n) is 16.6. The van der Waals surface area contributed by atoms with Crippen LogP contribution in [0.4, 0.5) is 0 Å². The van der Waals surface area contributed by atoms with Crippen LogP contribution < -0.4 is 5.73 Å². The first kappa shape index (κ1) is 22.2. The molecule has 0 unspecified atom stereocenters. The molecule has 0 spiro atoms. The molecule has 28 heavy (non-hydrogen) atoms. The summed E-state index contributed by atoms with van der Waals surface area (Å²) in [5.74, 6) is -0.201. The van der Waals surface area contributed by atoms with E-state index in [-0.39, 0.29) is 5.91 Å². The van der Waals surface area contributed by atoms with Gasteiger partial charge >= 0.3 is 0 Å². The lowest BCUT2D eigenvalue weighted by atomic mass is 10.0. The SMILES string of the molecule is NC(=O)CCCCCCCCCCCc1ccn(S(=O)(=O)c2ccccc2)c1. The van der Waals surface area contributed by atoms with E-state index < -0.39 is 10.0 Å². The largest absolute Gasteiger partial charge is 0.370 e. The Hall–Kier alpha value is -2.08. The molecule has 1 heterocycles. The van der Waals surface area contributed by atoms with E-state index in [1.165, 1.54) is 36.1 Å². The van der Waals surface area contributed by atoms with Crippen molar-refractivity contribution in [3.63, 3.8) is 0 Å². The molecule has 6 heteroatoms.